The van der Waals surface area contributed by atoms with Gasteiger partial charge >= 0.3 is 5.97 Å². The number of hydrogen-bond donors (Lipinski definition) is 2. The van der Waals surface area contributed by atoms with Gasteiger partial charge in [-0.2, -0.15) is 0 Å². The lowest BCUT2D eigenvalue weighted by atomic mass is 10.2. The van der Waals surface area contributed by atoms with E-state index < -0.39 is 5.97 Å². The summed E-state index contributed by atoms with van der Waals surface area (Å²) in [6.07, 6.45) is 1.27. The van der Waals surface area contributed by atoms with E-state index >= 15 is 0 Å². The molecule has 4 nitrogen and oxygen atoms in total. The fraction of sp³-hybridized carbons (Fsp3) is 0.143. The van der Waals surface area contributed by atoms with Crippen LogP contribution in [-0.2, 0) is 11.2 Å². The van der Waals surface area contributed by atoms with E-state index in [0.29, 0.717) is 5.56 Å². The van der Waals surface area contributed by atoms with Gasteiger partial charge in [-0.3, -0.25) is 9.59 Å². The molecule has 0 aliphatic carbocycles. The topological polar surface area (TPSA) is 70.2 Å². The first kappa shape index (κ1) is 8.99. The highest BCUT2D eigenvalue weighted by atomic mass is 79.9. The van der Waals surface area contributed by atoms with E-state index in [-0.39, 0.29) is 16.5 Å². The number of carboxylic acids is 1. The molecule has 1 aromatic rings. The Morgan fingerprint density at radius 3 is 2.92 bits per heavy atom. The van der Waals surface area contributed by atoms with Gasteiger partial charge in [-0.15, -0.1) is 0 Å². The molecule has 0 saturated heterocycles. The van der Waals surface area contributed by atoms with Crippen molar-refractivity contribution in [2.24, 2.45) is 0 Å². The summed E-state index contributed by atoms with van der Waals surface area (Å²) in [7, 11) is 0. The molecule has 0 amide bonds. The van der Waals surface area contributed by atoms with Gasteiger partial charge in [0.2, 0.25) is 0 Å². The third-order valence-electron chi connectivity index (χ3n) is 1.32. The standard InChI is InChI=1S/C7H6BrNO3/c8-6-4(3-5(10)11)1-2-9-7(6)12/h1-2H,3H2,(H,9,12)(H,10,11). The number of aromatic amines is 1. The lowest BCUT2D eigenvalue weighted by molar-refractivity contribution is -0.136. The van der Waals surface area contributed by atoms with Gasteiger partial charge in [0.1, 0.15) is 0 Å². The Bertz CT molecular complexity index is 358. The molecule has 1 heterocycles. The summed E-state index contributed by atoms with van der Waals surface area (Å²) >= 11 is 3.00. The van der Waals surface area contributed by atoms with Crippen LogP contribution in [0.5, 0.6) is 0 Å². The molecule has 0 aliphatic rings. The number of hydrogen-bond acceptors (Lipinski definition) is 2. The van der Waals surface area contributed by atoms with Crippen LogP contribution in [0, 0.1) is 0 Å². The van der Waals surface area contributed by atoms with E-state index in [9.17, 15) is 9.59 Å². The number of nitrogens with one attached hydrogen (secondary N) is 1. The molecule has 0 saturated carbocycles. The van der Waals surface area contributed by atoms with E-state index in [4.69, 9.17) is 5.11 Å². The fourth-order valence-electron chi connectivity index (χ4n) is 0.800. The molecule has 64 valence electrons. The molecule has 0 aromatic carbocycles. The first-order chi connectivity index (χ1) is 5.61. The van der Waals surface area contributed by atoms with Crippen LogP contribution >= 0.6 is 15.9 Å². The second kappa shape index (κ2) is 3.53. The maximum Gasteiger partial charge on any atom is 0.307 e. The molecule has 5 heteroatoms. The van der Waals surface area contributed by atoms with Crippen LogP contribution in [-0.4, -0.2) is 16.1 Å². The van der Waals surface area contributed by atoms with Crippen LogP contribution in [0.1, 0.15) is 5.56 Å². The fourth-order valence-corrected chi connectivity index (χ4v) is 1.19. The van der Waals surface area contributed by atoms with E-state index in [0.717, 1.165) is 0 Å². The van der Waals surface area contributed by atoms with Crippen molar-refractivity contribution in [1.82, 2.24) is 4.98 Å². The third kappa shape index (κ3) is 1.94. The molecule has 0 aliphatic heterocycles. The van der Waals surface area contributed by atoms with Gasteiger partial charge in [0.05, 0.1) is 10.9 Å². The zero-order valence-corrected chi connectivity index (χ0v) is 7.59. The summed E-state index contributed by atoms with van der Waals surface area (Å²) in [5, 5.41) is 8.45. The molecule has 12 heavy (non-hydrogen) atoms. The van der Waals surface area contributed by atoms with Crippen LogP contribution in [0.15, 0.2) is 21.5 Å². The molecule has 0 spiro atoms. The SMILES string of the molecule is O=C(O)Cc1cc[nH]c(=O)c1Br. The number of rotatable bonds is 2. The second-order valence-corrected chi connectivity index (χ2v) is 3.01. The highest BCUT2D eigenvalue weighted by Gasteiger charge is 2.06. The average molecular weight is 232 g/mol. The maximum atomic E-state index is 10.9. The minimum Gasteiger partial charge on any atom is -0.481 e. The van der Waals surface area contributed by atoms with Crippen molar-refractivity contribution in [2.75, 3.05) is 0 Å². The van der Waals surface area contributed by atoms with Gasteiger partial charge in [0, 0.05) is 6.20 Å². The molecule has 1 rings (SSSR count). The highest BCUT2D eigenvalue weighted by molar-refractivity contribution is 9.10. The summed E-state index contributed by atoms with van der Waals surface area (Å²) in [5.41, 5.74) is 0.167. The molecule has 2 N–H and O–H groups in total. The van der Waals surface area contributed by atoms with Crippen molar-refractivity contribution in [1.29, 1.82) is 0 Å². The Labute approximate surface area is 76.4 Å². The highest BCUT2D eigenvalue weighted by Crippen LogP contribution is 2.10. The minimum absolute atomic E-state index is 0.148. The molecular formula is C7H6BrNO3. The number of carboxylic acid groups (broad SMARTS) is 1. The lowest BCUT2D eigenvalue weighted by Crippen LogP contribution is -2.10. The third-order valence-corrected chi connectivity index (χ3v) is 2.19. The summed E-state index contributed by atoms with van der Waals surface area (Å²) in [6.45, 7) is 0. The number of halogens is 1. The van der Waals surface area contributed by atoms with Crippen molar-refractivity contribution < 1.29 is 9.90 Å². The number of carbonyl (C=O) groups is 1. The largest absolute Gasteiger partial charge is 0.481 e. The Morgan fingerprint density at radius 1 is 1.67 bits per heavy atom. The van der Waals surface area contributed by atoms with E-state index in [2.05, 4.69) is 20.9 Å². The summed E-state index contributed by atoms with van der Waals surface area (Å²) < 4.78 is 0.285. The van der Waals surface area contributed by atoms with Crippen LogP contribution in [0.2, 0.25) is 0 Å². The van der Waals surface area contributed by atoms with Gasteiger partial charge < -0.3 is 10.1 Å². The summed E-state index contributed by atoms with van der Waals surface area (Å²) in [4.78, 5) is 23.6. The number of aliphatic carboxylic acids is 1. The maximum absolute atomic E-state index is 10.9. The van der Waals surface area contributed by atoms with Crippen molar-refractivity contribution in [3.8, 4) is 0 Å². The predicted molar refractivity (Wildman–Crippen MR) is 46.1 cm³/mol. The van der Waals surface area contributed by atoms with E-state index in [1.807, 2.05) is 0 Å². The molecule has 0 unspecified atom stereocenters. The van der Waals surface area contributed by atoms with Gasteiger partial charge in [-0.25, -0.2) is 0 Å². The van der Waals surface area contributed by atoms with E-state index in [1.165, 1.54) is 6.20 Å². The molecule has 0 radical (unpaired) electrons. The van der Waals surface area contributed by atoms with Crippen molar-refractivity contribution in [2.45, 2.75) is 6.42 Å². The van der Waals surface area contributed by atoms with Crippen molar-refractivity contribution in [3.63, 3.8) is 0 Å². The van der Waals surface area contributed by atoms with Crippen molar-refractivity contribution >= 4 is 21.9 Å². The van der Waals surface area contributed by atoms with Crippen LogP contribution in [0.4, 0.5) is 0 Å². The van der Waals surface area contributed by atoms with Gasteiger partial charge in [0.25, 0.3) is 5.56 Å². The van der Waals surface area contributed by atoms with Gasteiger partial charge in [0.15, 0.2) is 0 Å². The number of aromatic nitrogens is 1. The first-order valence-electron chi connectivity index (χ1n) is 3.19. The normalized spacial score (nSPS) is 9.75. The number of H-pyrrole nitrogens is 1. The molecule has 0 atom stereocenters. The zero-order valence-electron chi connectivity index (χ0n) is 6.00. The minimum atomic E-state index is -0.957. The van der Waals surface area contributed by atoms with Gasteiger partial charge in [-0.1, -0.05) is 0 Å². The molecule has 0 fully saturated rings. The lowest BCUT2D eigenvalue weighted by Gasteiger charge is -1.97. The van der Waals surface area contributed by atoms with Crippen molar-refractivity contribution in [3.05, 3.63) is 32.7 Å². The molecule has 1 aromatic heterocycles. The number of pyridine rings is 1. The Kier molecular flexibility index (Phi) is 2.65. The quantitative estimate of drug-likeness (QED) is 0.790. The molecular weight excluding hydrogens is 226 g/mol. The van der Waals surface area contributed by atoms with Crippen LogP contribution in [0.3, 0.4) is 0 Å². The van der Waals surface area contributed by atoms with Crippen LogP contribution in [0.25, 0.3) is 0 Å². The van der Waals surface area contributed by atoms with Crippen LogP contribution < -0.4 is 5.56 Å². The Balaban J connectivity index is 3.08. The van der Waals surface area contributed by atoms with E-state index in [1.54, 1.807) is 6.07 Å². The Morgan fingerprint density at radius 2 is 2.33 bits per heavy atom. The summed E-state index contributed by atoms with van der Waals surface area (Å²) in [6, 6.07) is 1.56. The second-order valence-electron chi connectivity index (χ2n) is 2.22. The smallest absolute Gasteiger partial charge is 0.307 e. The summed E-state index contributed by atoms with van der Waals surface area (Å²) in [5.74, 6) is -0.957. The van der Waals surface area contributed by atoms with Gasteiger partial charge in [-0.05, 0) is 27.6 Å². The Hall–Kier alpha value is -1.10. The zero-order chi connectivity index (χ0) is 9.14. The predicted octanol–water partition coefficient (Wildman–Crippen LogP) is 0.764. The average Bonchev–Trinajstić information content (AvgIpc) is 1.98. The molecule has 0 bridgehead atoms. The monoisotopic (exact) mass is 231 g/mol. The first-order valence-corrected chi connectivity index (χ1v) is 3.98.